The zero-order chi connectivity index (χ0) is 12.8. The van der Waals surface area contributed by atoms with Crippen LogP contribution in [0.25, 0.3) is 11.1 Å². The van der Waals surface area contributed by atoms with E-state index in [4.69, 9.17) is 0 Å². The van der Waals surface area contributed by atoms with Crippen molar-refractivity contribution >= 4 is 22.6 Å². The number of hydrogen-bond acceptors (Lipinski definition) is 1. The van der Waals surface area contributed by atoms with Crippen LogP contribution in [0.4, 0.5) is 0 Å². The molecule has 1 aromatic heterocycles. The predicted octanol–water partition coefficient (Wildman–Crippen LogP) is 4.74. The Morgan fingerprint density at radius 2 is 2.00 bits per heavy atom. The first-order chi connectivity index (χ1) is 8.81. The van der Waals surface area contributed by atoms with E-state index < -0.39 is 0 Å². The normalized spacial score (nSPS) is 10.8. The Kier molecular flexibility index (Phi) is 5.23. The van der Waals surface area contributed by atoms with Crippen LogP contribution in [0.15, 0.2) is 36.7 Å². The Hall–Kier alpha value is -0.840. The van der Waals surface area contributed by atoms with Gasteiger partial charge in [0, 0.05) is 21.9 Å². The minimum absolute atomic E-state index is 1.03. The van der Waals surface area contributed by atoms with Gasteiger partial charge in [0.05, 0.1) is 6.20 Å². The van der Waals surface area contributed by atoms with Gasteiger partial charge in [-0.1, -0.05) is 44.4 Å². The summed E-state index contributed by atoms with van der Waals surface area (Å²) in [5.41, 5.74) is 2.49. The monoisotopic (exact) mass is 354 g/mol. The van der Waals surface area contributed by atoms with Crippen LogP contribution in [-0.4, -0.2) is 9.78 Å². The van der Waals surface area contributed by atoms with E-state index in [1.807, 2.05) is 6.20 Å². The quantitative estimate of drug-likeness (QED) is 0.541. The van der Waals surface area contributed by atoms with Gasteiger partial charge in [-0.05, 0) is 40.6 Å². The maximum Gasteiger partial charge on any atom is 0.0568 e. The summed E-state index contributed by atoms with van der Waals surface area (Å²) < 4.78 is 3.34. The Labute approximate surface area is 123 Å². The standard InChI is InChI=1S/C15H19IN2/c1-2-3-4-7-10-18-12-13(11-17-18)14-8-5-6-9-15(14)16/h5-6,8-9,11-12H,2-4,7,10H2,1H3. The molecule has 0 saturated carbocycles. The lowest BCUT2D eigenvalue weighted by Crippen LogP contribution is -1.97. The summed E-state index contributed by atoms with van der Waals surface area (Å²) in [5.74, 6) is 0. The smallest absolute Gasteiger partial charge is 0.0568 e. The molecule has 18 heavy (non-hydrogen) atoms. The van der Waals surface area contributed by atoms with Gasteiger partial charge in [0.15, 0.2) is 0 Å². The summed E-state index contributed by atoms with van der Waals surface area (Å²) in [6.07, 6.45) is 9.26. The fourth-order valence-electron chi connectivity index (χ4n) is 2.02. The van der Waals surface area contributed by atoms with Crippen molar-refractivity contribution < 1.29 is 0 Å². The molecule has 2 aromatic rings. The fourth-order valence-corrected chi connectivity index (χ4v) is 2.72. The Morgan fingerprint density at radius 3 is 2.78 bits per heavy atom. The number of benzene rings is 1. The van der Waals surface area contributed by atoms with E-state index in [9.17, 15) is 0 Å². The first-order valence-electron chi connectivity index (χ1n) is 6.58. The molecule has 0 N–H and O–H groups in total. The number of rotatable bonds is 6. The highest BCUT2D eigenvalue weighted by atomic mass is 127. The maximum absolute atomic E-state index is 4.44. The Morgan fingerprint density at radius 1 is 1.17 bits per heavy atom. The summed E-state index contributed by atoms with van der Waals surface area (Å²) in [7, 11) is 0. The van der Waals surface area contributed by atoms with Crippen molar-refractivity contribution in [2.75, 3.05) is 0 Å². The highest BCUT2D eigenvalue weighted by Gasteiger charge is 2.04. The number of nitrogens with zero attached hydrogens (tertiary/aromatic N) is 2. The first-order valence-corrected chi connectivity index (χ1v) is 7.66. The molecule has 0 bridgehead atoms. The molecule has 2 rings (SSSR count). The van der Waals surface area contributed by atoms with Gasteiger partial charge < -0.3 is 0 Å². The van der Waals surface area contributed by atoms with Crippen LogP contribution in [0.5, 0.6) is 0 Å². The average Bonchev–Trinajstić information content (AvgIpc) is 2.84. The molecule has 3 heteroatoms. The van der Waals surface area contributed by atoms with Gasteiger partial charge in [-0.15, -0.1) is 0 Å². The maximum atomic E-state index is 4.44. The zero-order valence-corrected chi connectivity index (χ0v) is 12.9. The molecule has 0 amide bonds. The van der Waals surface area contributed by atoms with Gasteiger partial charge in [-0.2, -0.15) is 5.10 Å². The molecule has 0 aliphatic carbocycles. The summed E-state index contributed by atoms with van der Waals surface area (Å²) in [5, 5.41) is 4.44. The van der Waals surface area contributed by atoms with Crippen molar-refractivity contribution in [3.63, 3.8) is 0 Å². The van der Waals surface area contributed by atoms with Gasteiger partial charge in [0.2, 0.25) is 0 Å². The molecule has 96 valence electrons. The largest absolute Gasteiger partial charge is 0.272 e. The third-order valence-corrected chi connectivity index (χ3v) is 4.00. The highest BCUT2D eigenvalue weighted by molar-refractivity contribution is 14.1. The molecule has 0 atom stereocenters. The SMILES string of the molecule is CCCCCCn1cc(-c2ccccc2I)cn1. The van der Waals surface area contributed by atoms with Crippen LogP contribution in [0.2, 0.25) is 0 Å². The molecule has 0 spiro atoms. The third-order valence-electron chi connectivity index (χ3n) is 3.06. The molecular formula is C15H19IN2. The lowest BCUT2D eigenvalue weighted by molar-refractivity contribution is 0.541. The van der Waals surface area contributed by atoms with Crippen LogP contribution in [-0.2, 0) is 6.54 Å². The topological polar surface area (TPSA) is 17.8 Å². The van der Waals surface area contributed by atoms with Crippen molar-refractivity contribution in [2.24, 2.45) is 0 Å². The minimum atomic E-state index is 1.03. The van der Waals surface area contributed by atoms with Crippen LogP contribution in [0.1, 0.15) is 32.6 Å². The zero-order valence-electron chi connectivity index (χ0n) is 10.8. The molecule has 1 aromatic carbocycles. The van der Waals surface area contributed by atoms with E-state index in [0.29, 0.717) is 0 Å². The van der Waals surface area contributed by atoms with Gasteiger partial charge in [-0.3, -0.25) is 4.68 Å². The number of halogens is 1. The van der Waals surface area contributed by atoms with Crippen molar-refractivity contribution in [1.29, 1.82) is 0 Å². The number of aryl methyl sites for hydroxylation is 1. The van der Waals surface area contributed by atoms with Gasteiger partial charge >= 0.3 is 0 Å². The number of aromatic nitrogens is 2. The Bertz CT molecular complexity index is 491. The average molecular weight is 354 g/mol. The second kappa shape index (κ2) is 6.92. The second-order valence-corrected chi connectivity index (χ2v) is 5.69. The molecule has 0 radical (unpaired) electrons. The van der Waals surface area contributed by atoms with Crippen molar-refractivity contribution in [1.82, 2.24) is 9.78 Å². The second-order valence-electron chi connectivity index (χ2n) is 4.53. The van der Waals surface area contributed by atoms with Gasteiger partial charge in [-0.25, -0.2) is 0 Å². The lowest BCUT2D eigenvalue weighted by Gasteiger charge is -2.01. The van der Waals surface area contributed by atoms with Crippen LogP contribution >= 0.6 is 22.6 Å². The molecule has 0 aliphatic rings. The summed E-state index contributed by atoms with van der Waals surface area (Å²) in [6, 6.07) is 8.44. The number of hydrogen-bond donors (Lipinski definition) is 0. The molecule has 0 unspecified atom stereocenters. The van der Waals surface area contributed by atoms with Crippen molar-refractivity contribution in [3.8, 4) is 11.1 Å². The van der Waals surface area contributed by atoms with Gasteiger partial charge in [0.1, 0.15) is 0 Å². The van der Waals surface area contributed by atoms with E-state index in [2.05, 4.69) is 69.8 Å². The summed E-state index contributed by atoms with van der Waals surface area (Å²) >= 11 is 2.38. The van der Waals surface area contributed by atoms with E-state index in [0.717, 1.165) is 6.54 Å². The van der Waals surface area contributed by atoms with Crippen molar-refractivity contribution in [3.05, 3.63) is 40.2 Å². The summed E-state index contributed by atoms with van der Waals surface area (Å²) in [6.45, 7) is 3.27. The summed E-state index contributed by atoms with van der Waals surface area (Å²) in [4.78, 5) is 0. The molecule has 1 heterocycles. The third kappa shape index (κ3) is 3.57. The van der Waals surface area contributed by atoms with Crippen LogP contribution in [0.3, 0.4) is 0 Å². The van der Waals surface area contributed by atoms with E-state index >= 15 is 0 Å². The highest BCUT2D eigenvalue weighted by Crippen LogP contribution is 2.24. The van der Waals surface area contributed by atoms with Crippen LogP contribution < -0.4 is 0 Å². The minimum Gasteiger partial charge on any atom is -0.272 e. The fraction of sp³-hybridized carbons (Fsp3) is 0.400. The lowest BCUT2D eigenvalue weighted by atomic mass is 10.1. The Balaban J connectivity index is 2.00. The molecule has 0 saturated heterocycles. The van der Waals surface area contributed by atoms with E-state index in [-0.39, 0.29) is 0 Å². The molecular weight excluding hydrogens is 335 g/mol. The molecule has 0 aliphatic heterocycles. The molecule has 2 nitrogen and oxygen atoms in total. The van der Waals surface area contributed by atoms with E-state index in [1.165, 1.54) is 40.4 Å². The van der Waals surface area contributed by atoms with Gasteiger partial charge in [0.25, 0.3) is 0 Å². The molecule has 0 fully saturated rings. The number of unbranched alkanes of at least 4 members (excludes halogenated alkanes) is 3. The predicted molar refractivity (Wildman–Crippen MR) is 84.5 cm³/mol. The van der Waals surface area contributed by atoms with Crippen molar-refractivity contribution in [2.45, 2.75) is 39.2 Å². The van der Waals surface area contributed by atoms with E-state index in [1.54, 1.807) is 0 Å². The van der Waals surface area contributed by atoms with Crippen LogP contribution in [0, 0.1) is 3.57 Å². The first kappa shape index (κ1) is 13.6.